The molecule has 1 fully saturated rings. The molecule has 1 nitrogen and oxygen atoms in total. The highest BCUT2D eigenvalue weighted by Gasteiger charge is 2.44. The van der Waals surface area contributed by atoms with Crippen LogP contribution in [0, 0.1) is 5.92 Å². The summed E-state index contributed by atoms with van der Waals surface area (Å²) in [4.78, 5) is 0. The van der Waals surface area contributed by atoms with Crippen molar-refractivity contribution in [1.29, 1.82) is 0 Å². The summed E-state index contributed by atoms with van der Waals surface area (Å²) in [7, 11) is 0. The predicted molar refractivity (Wildman–Crippen MR) is 51.3 cm³/mol. The van der Waals surface area contributed by atoms with Crippen molar-refractivity contribution in [2.75, 3.05) is 6.54 Å². The van der Waals surface area contributed by atoms with Crippen LogP contribution in [0.3, 0.4) is 0 Å². The van der Waals surface area contributed by atoms with Crippen LogP contribution in [0.25, 0.3) is 0 Å². The molecule has 0 radical (unpaired) electrons. The lowest BCUT2D eigenvalue weighted by Crippen LogP contribution is -2.24. The van der Waals surface area contributed by atoms with Crippen LogP contribution in [0.1, 0.15) is 18.0 Å². The van der Waals surface area contributed by atoms with E-state index in [9.17, 15) is 13.2 Å². The molecule has 4 heteroatoms. The van der Waals surface area contributed by atoms with E-state index in [1.165, 1.54) is 0 Å². The molecule has 1 aliphatic heterocycles. The minimum atomic E-state index is -4.07. The third kappa shape index (κ3) is 2.31. The first kappa shape index (κ1) is 10.5. The molecule has 1 saturated heterocycles. The number of hydrogen-bond donors (Lipinski definition) is 1. The summed E-state index contributed by atoms with van der Waals surface area (Å²) in [6, 6.07) is 9.11. The lowest BCUT2D eigenvalue weighted by molar-refractivity contribution is -0.169. The predicted octanol–water partition coefficient (Wildman–Crippen LogP) is 2.90. The minimum absolute atomic E-state index is 0.0308. The summed E-state index contributed by atoms with van der Waals surface area (Å²) in [5.41, 5.74) is 0.934. The molecule has 1 aromatic rings. The van der Waals surface area contributed by atoms with E-state index in [1.54, 1.807) is 0 Å². The molecular weight excluding hydrogens is 203 g/mol. The van der Waals surface area contributed by atoms with Gasteiger partial charge in [0.15, 0.2) is 0 Å². The summed E-state index contributed by atoms with van der Waals surface area (Å²) in [5.74, 6) is -1.21. The molecule has 0 unspecified atom stereocenters. The molecule has 2 rings (SSSR count). The van der Waals surface area contributed by atoms with E-state index in [0.717, 1.165) is 5.56 Å². The van der Waals surface area contributed by atoms with E-state index in [0.29, 0.717) is 0 Å². The van der Waals surface area contributed by atoms with Crippen molar-refractivity contribution in [1.82, 2.24) is 5.32 Å². The SMILES string of the molecule is FC(F)(F)[C@H]1CN[C@@H](c2ccccc2)C1. The highest BCUT2D eigenvalue weighted by molar-refractivity contribution is 5.20. The van der Waals surface area contributed by atoms with Gasteiger partial charge in [-0.25, -0.2) is 0 Å². The van der Waals surface area contributed by atoms with Gasteiger partial charge in [-0.15, -0.1) is 0 Å². The van der Waals surface area contributed by atoms with Crippen LogP contribution in [-0.4, -0.2) is 12.7 Å². The molecular formula is C11H12F3N. The Kier molecular flexibility index (Phi) is 2.69. The van der Waals surface area contributed by atoms with Gasteiger partial charge < -0.3 is 5.32 Å². The number of alkyl halides is 3. The van der Waals surface area contributed by atoms with Crippen LogP contribution >= 0.6 is 0 Å². The molecule has 0 amide bonds. The zero-order valence-electron chi connectivity index (χ0n) is 8.09. The highest BCUT2D eigenvalue weighted by Crippen LogP contribution is 2.37. The lowest BCUT2D eigenvalue weighted by atomic mass is 10.00. The largest absolute Gasteiger partial charge is 0.393 e. The maximum atomic E-state index is 12.4. The zero-order chi connectivity index (χ0) is 10.9. The van der Waals surface area contributed by atoms with E-state index in [1.807, 2.05) is 30.3 Å². The van der Waals surface area contributed by atoms with Crippen molar-refractivity contribution in [3.05, 3.63) is 35.9 Å². The normalized spacial score (nSPS) is 26.9. The summed E-state index contributed by atoms with van der Waals surface area (Å²) >= 11 is 0. The van der Waals surface area contributed by atoms with Gasteiger partial charge in [0.1, 0.15) is 0 Å². The highest BCUT2D eigenvalue weighted by atomic mass is 19.4. The second-order valence-corrected chi connectivity index (χ2v) is 3.85. The molecule has 1 heterocycles. The quantitative estimate of drug-likeness (QED) is 0.759. The molecule has 1 N–H and O–H groups in total. The third-order valence-electron chi connectivity index (χ3n) is 2.80. The van der Waals surface area contributed by atoms with E-state index in [-0.39, 0.29) is 19.0 Å². The minimum Gasteiger partial charge on any atom is -0.309 e. The average molecular weight is 215 g/mol. The van der Waals surface area contributed by atoms with Gasteiger partial charge in [-0.2, -0.15) is 13.2 Å². The maximum Gasteiger partial charge on any atom is 0.393 e. The number of benzene rings is 1. The number of rotatable bonds is 1. The topological polar surface area (TPSA) is 12.0 Å². The molecule has 0 aliphatic carbocycles. The van der Waals surface area contributed by atoms with Gasteiger partial charge in [0.25, 0.3) is 0 Å². The molecule has 1 aliphatic rings. The number of hydrogen-bond acceptors (Lipinski definition) is 1. The Labute approximate surface area is 86.3 Å². The van der Waals surface area contributed by atoms with Gasteiger partial charge in [0.2, 0.25) is 0 Å². The Morgan fingerprint density at radius 1 is 1.13 bits per heavy atom. The van der Waals surface area contributed by atoms with Crippen molar-refractivity contribution in [2.45, 2.75) is 18.6 Å². The second-order valence-electron chi connectivity index (χ2n) is 3.85. The van der Waals surface area contributed by atoms with Crippen LogP contribution in [0.5, 0.6) is 0 Å². The molecule has 82 valence electrons. The Morgan fingerprint density at radius 2 is 1.80 bits per heavy atom. The summed E-state index contributed by atoms with van der Waals surface area (Å²) in [5, 5.41) is 2.91. The fourth-order valence-electron chi connectivity index (χ4n) is 1.92. The zero-order valence-corrected chi connectivity index (χ0v) is 8.09. The Morgan fingerprint density at radius 3 is 2.33 bits per heavy atom. The first-order valence-electron chi connectivity index (χ1n) is 4.92. The van der Waals surface area contributed by atoms with Crippen LogP contribution < -0.4 is 5.32 Å². The Balaban J connectivity index is 2.05. The molecule has 0 aromatic heterocycles. The van der Waals surface area contributed by atoms with Crippen molar-refractivity contribution in [3.63, 3.8) is 0 Å². The van der Waals surface area contributed by atoms with E-state index in [4.69, 9.17) is 0 Å². The van der Waals surface area contributed by atoms with E-state index >= 15 is 0 Å². The fraction of sp³-hybridized carbons (Fsp3) is 0.455. The van der Waals surface area contributed by atoms with Gasteiger partial charge in [-0.1, -0.05) is 30.3 Å². The number of halogens is 3. The van der Waals surface area contributed by atoms with Crippen LogP contribution in [0.2, 0.25) is 0 Å². The smallest absolute Gasteiger partial charge is 0.309 e. The van der Waals surface area contributed by atoms with Gasteiger partial charge in [0, 0.05) is 12.6 Å². The van der Waals surface area contributed by atoms with Gasteiger partial charge in [-0.05, 0) is 12.0 Å². The molecule has 0 spiro atoms. The first-order valence-corrected chi connectivity index (χ1v) is 4.92. The summed E-state index contributed by atoms with van der Waals surface area (Å²) in [6.45, 7) is 0.0308. The van der Waals surface area contributed by atoms with Crippen molar-refractivity contribution < 1.29 is 13.2 Å². The number of nitrogens with one attached hydrogen (secondary N) is 1. The van der Waals surface area contributed by atoms with Crippen LogP contribution in [0.4, 0.5) is 13.2 Å². The maximum absolute atomic E-state index is 12.4. The third-order valence-corrected chi connectivity index (χ3v) is 2.80. The average Bonchev–Trinajstić information content (AvgIpc) is 2.67. The van der Waals surface area contributed by atoms with Crippen molar-refractivity contribution in [2.24, 2.45) is 5.92 Å². The molecule has 1 aromatic carbocycles. The van der Waals surface area contributed by atoms with Gasteiger partial charge in [0.05, 0.1) is 5.92 Å². The lowest BCUT2D eigenvalue weighted by Gasteiger charge is -2.13. The monoisotopic (exact) mass is 215 g/mol. The Bertz CT molecular complexity index is 320. The first-order chi connectivity index (χ1) is 7.07. The molecule has 2 atom stereocenters. The van der Waals surface area contributed by atoms with Gasteiger partial charge >= 0.3 is 6.18 Å². The summed E-state index contributed by atoms with van der Waals surface area (Å²) < 4.78 is 37.2. The standard InChI is InChI=1S/C11H12F3N/c12-11(13,14)9-6-10(15-7-9)8-4-2-1-3-5-8/h1-5,9-10,15H,6-7H2/t9-,10-/m1/s1. The van der Waals surface area contributed by atoms with E-state index < -0.39 is 12.1 Å². The Hall–Kier alpha value is -1.03. The molecule has 0 saturated carbocycles. The summed E-state index contributed by atoms with van der Waals surface area (Å²) in [6.07, 6.45) is -3.93. The van der Waals surface area contributed by atoms with Crippen molar-refractivity contribution >= 4 is 0 Å². The van der Waals surface area contributed by atoms with E-state index in [2.05, 4.69) is 5.32 Å². The van der Waals surface area contributed by atoms with Crippen molar-refractivity contribution in [3.8, 4) is 0 Å². The second kappa shape index (κ2) is 3.85. The van der Waals surface area contributed by atoms with Crippen LogP contribution in [-0.2, 0) is 0 Å². The van der Waals surface area contributed by atoms with Crippen LogP contribution in [0.15, 0.2) is 30.3 Å². The molecule has 15 heavy (non-hydrogen) atoms. The fourth-order valence-corrected chi connectivity index (χ4v) is 1.92. The van der Waals surface area contributed by atoms with Gasteiger partial charge in [-0.3, -0.25) is 0 Å². The molecule has 0 bridgehead atoms.